The van der Waals surface area contributed by atoms with Gasteiger partial charge in [0.05, 0.1) is 10.6 Å². The van der Waals surface area contributed by atoms with Crippen molar-refractivity contribution in [2.75, 3.05) is 6.54 Å². The molecule has 2 rings (SSSR count). The molecule has 104 valence electrons. The maximum Gasteiger partial charge on any atom is 0.252 e. The largest absolute Gasteiger partial charge is 0.352 e. The third kappa shape index (κ3) is 4.09. The van der Waals surface area contributed by atoms with E-state index in [0.717, 1.165) is 17.3 Å². The highest BCUT2D eigenvalue weighted by atomic mass is 79.9. The normalized spacial score (nSPS) is 10.3. The second-order valence-corrected chi connectivity index (χ2v) is 5.68. The van der Waals surface area contributed by atoms with Crippen LogP contribution in [0.25, 0.3) is 0 Å². The molecule has 0 spiro atoms. The molecule has 4 heteroatoms. The highest BCUT2D eigenvalue weighted by molar-refractivity contribution is 9.10. The van der Waals surface area contributed by atoms with Crippen molar-refractivity contribution in [3.63, 3.8) is 0 Å². The van der Waals surface area contributed by atoms with Gasteiger partial charge in [-0.3, -0.25) is 4.79 Å². The first-order valence-corrected chi connectivity index (χ1v) is 7.61. The Morgan fingerprint density at radius 3 is 2.60 bits per heavy atom. The van der Waals surface area contributed by atoms with Crippen molar-refractivity contribution in [2.24, 2.45) is 0 Å². The summed E-state index contributed by atoms with van der Waals surface area (Å²) in [5, 5.41) is 3.34. The number of carbonyl (C=O) groups excluding carboxylic acids is 1. The van der Waals surface area contributed by atoms with Crippen LogP contribution in [-0.4, -0.2) is 12.5 Å². The number of nitrogens with one attached hydrogen (secondary N) is 1. The fourth-order valence-electron chi connectivity index (χ4n) is 1.91. The summed E-state index contributed by atoms with van der Waals surface area (Å²) in [6.45, 7) is 0.635. The minimum atomic E-state index is -0.135. The maximum atomic E-state index is 12.0. The molecule has 0 saturated heterocycles. The van der Waals surface area contributed by atoms with E-state index in [9.17, 15) is 4.79 Å². The number of amides is 1. The van der Waals surface area contributed by atoms with E-state index in [-0.39, 0.29) is 5.91 Å². The minimum Gasteiger partial charge on any atom is -0.352 e. The first-order chi connectivity index (χ1) is 9.68. The van der Waals surface area contributed by atoms with Crippen LogP contribution in [0.2, 0.25) is 5.02 Å². The molecule has 0 fully saturated rings. The summed E-state index contributed by atoms with van der Waals surface area (Å²) in [6.07, 6.45) is 1.86. The van der Waals surface area contributed by atoms with Crippen LogP contribution in [0.3, 0.4) is 0 Å². The van der Waals surface area contributed by atoms with E-state index in [4.69, 9.17) is 11.6 Å². The van der Waals surface area contributed by atoms with E-state index in [1.54, 1.807) is 12.1 Å². The van der Waals surface area contributed by atoms with Crippen molar-refractivity contribution in [1.29, 1.82) is 0 Å². The molecule has 2 aromatic rings. The van der Waals surface area contributed by atoms with Crippen LogP contribution in [0.5, 0.6) is 0 Å². The lowest BCUT2D eigenvalue weighted by atomic mass is 10.1. The lowest BCUT2D eigenvalue weighted by Gasteiger charge is -2.07. The second-order valence-electron chi connectivity index (χ2n) is 4.45. The summed E-state index contributed by atoms with van der Waals surface area (Å²) in [7, 11) is 0. The molecule has 20 heavy (non-hydrogen) atoms. The Bertz CT molecular complexity index is 586. The first kappa shape index (κ1) is 15.1. The molecule has 2 aromatic carbocycles. The van der Waals surface area contributed by atoms with Gasteiger partial charge in [0.2, 0.25) is 0 Å². The predicted molar refractivity (Wildman–Crippen MR) is 86.2 cm³/mol. The topological polar surface area (TPSA) is 29.1 Å². The van der Waals surface area contributed by atoms with Crippen molar-refractivity contribution in [3.05, 3.63) is 69.2 Å². The lowest BCUT2D eigenvalue weighted by molar-refractivity contribution is 0.0953. The van der Waals surface area contributed by atoms with Crippen LogP contribution < -0.4 is 5.32 Å². The number of carbonyl (C=O) groups is 1. The van der Waals surface area contributed by atoms with Crippen molar-refractivity contribution in [3.8, 4) is 0 Å². The number of aryl methyl sites for hydroxylation is 1. The van der Waals surface area contributed by atoms with Crippen LogP contribution in [0.4, 0.5) is 0 Å². The highest BCUT2D eigenvalue weighted by Crippen LogP contribution is 2.25. The van der Waals surface area contributed by atoms with Gasteiger partial charge in [0, 0.05) is 11.0 Å². The summed E-state index contributed by atoms with van der Waals surface area (Å²) in [5.74, 6) is -0.135. The van der Waals surface area contributed by atoms with E-state index in [1.165, 1.54) is 5.56 Å². The Morgan fingerprint density at radius 1 is 1.10 bits per heavy atom. The van der Waals surface area contributed by atoms with E-state index < -0.39 is 0 Å². The van der Waals surface area contributed by atoms with Crippen LogP contribution in [0.1, 0.15) is 22.3 Å². The van der Waals surface area contributed by atoms with Gasteiger partial charge in [-0.2, -0.15) is 0 Å². The van der Waals surface area contributed by atoms with Gasteiger partial charge in [-0.05, 0) is 46.5 Å². The van der Waals surface area contributed by atoms with Crippen LogP contribution in [-0.2, 0) is 6.42 Å². The Kier molecular flexibility index (Phi) is 5.62. The van der Waals surface area contributed by atoms with E-state index >= 15 is 0 Å². The molecular weight excluding hydrogens is 338 g/mol. The van der Waals surface area contributed by atoms with Crippen molar-refractivity contribution < 1.29 is 4.79 Å². The molecule has 0 atom stereocenters. The Morgan fingerprint density at radius 2 is 1.85 bits per heavy atom. The van der Waals surface area contributed by atoms with Crippen molar-refractivity contribution >= 4 is 33.4 Å². The molecule has 0 bridgehead atoms. The average Bonchev–Trinajstić information content (AvgIpc) is 2.47. The molecule has 2 nitrogen and oxygen atoms in total. The number of rotatable bonds is 5. The molecule has 0 aliphatic rings. The Hall–Kier alpha value is -1.32. The van der Waals surface area contributed by atoms with Gasteiger partial charge in [0.25, 0.3) is 5.91 Å². The fraction of sp³-hybridized carbons (Fsp3) is 0.188. The second kappa shape index (κ2) is 7.46. The smallest absolute Gasteiger partial charge is 0.252 e. The van der Waals surface area contributed by atoms with Crippen molar-refractivity contribution in [1.82, 2.24) is 5.32 Å². The maximum absolute atomic E-state index is 12.0. The zero-order valence-electron chi connectivity index (χ0n) is 10.9. The summed E-state index contributed by atoms with van der Waals surface area (Å²) in [6, 6.07) is 15.6. The summed E-state index contributed by atoms with van der Waals surface area (Å²) < 4.78 is 0.733. The molecule has 0 aliphatic carbocycles. The SMILES string of the molecule is O=C(NCCCc1ccccc1)c1cccc(Br)c1Cl. The third-order valence-electron chi connectivity index (χ3n) is 2.97. The highest BCUT2D eigenvalue weighted by Gasteiger charge is 2.11. The Labute approximate surface area is 132 Å². The number of hydrogen-bond donors (Lipinski definition) is 1. The molecule has 1 N–H and O–H groups in total. The van der Waals surface area contributed by atoms with E-state index in [2.05, 4.69) is 33.4 Å². The molecule has 0 aliphatic heterocycles. The average molecular weight is 353 g/mol. The number of hydrogen-bond acceptors (Lipinski definition) is 1. The third-order valence-corrected chi connectivity index (χ3v) is 4.26. The van der Waals surface area contributed by atoms with Crippen LogP contribution in [0, 0.1) is 0 Å². The molecule has 0 aromatic heterocycles. The van der Waals surface area contributed by atoms with Crippen LogP contribution >= 0.6 is 27.5 Å². The van der Waals surface area contributed by atoms with Gasteiger partial charge in [-0.25, -0.2) is 0 Å². The molecule has 0 heterocycles. The monoisotopic (exact) mass is 351 g/mol. The standard InChI is InChI=1S/C16H15BrClNO/c17-14-10-4-9-13(15(14)18)16(20)19-11-5-8-12-6-2-1-3-7-12/h1-4,6-7,9-10H,5,8,11H2,(H,19,20). The zero-order valence-corrected chi connectivity index (χ0v) is 13.2. The molecule has 0 radical (unpaired) electrons. The first-order valence-electron chi connectivity index (χ1n) is 6.44. The van der Waals surface area contributed by atoms with Crippen molar-refractivity contribution in [2.45, 2.75) is 12.8 Å². The van der Waals surface area contributed by atoms with E-state index in [1.807, 2.05) is 24.3 Å². The Balaban J connectivity index is 1.82. The molecule has 0 unspecified atom stereocenters. The van der Waals surface area contributed by atoms with Gasteiger partial charge in [-0.1, -0.05) is 48.0 Å². The van der Waals surface area contributed by atoms with Gasteiger partial charge in [0.15, 0.2) is 0 Å². The lowest BCUT2D eigenvalue weighted by Crippen LogP contribution is -2.25. The summed E-state index contributed by atoms with van der Waals surface area (Å²) >= 11 is 9.40. The quantitative estimate of drug-likeness (QED) is 0.791. The summed E-state index contributed by atoms with van der Waals surface area (Å²) in [4.78, 5) is 12.0. The van der Waals surface area contributed by atoms with Gasteiger partial charge in [-0.15, -0.1) is 0 Å². The van der Waals surface area contributed by atoms with E-state index in [0.29, 0.717) is 17.1 Å². The molecule has 1 amide bonds. The number of halogens is 2. The van der Waals surface area contributed by atoms with Gasteiger partial charge in [0.1, 0.15) is 0 Å². The minimum absolute atomic E-state index is 0.135. The molecular formula is C16H15BrClNO. The van der Waals surface area contributed by atoms with Gasteiger partial charge < -0.3 is 5.32 Å². The summed E-state index contributed by atoms with van der Waals surface area (Å²) in [5.41, 5.74) is 1.78. The molecule has 0 saturated carbocycles. The van der Waals surface area contributed by atoms with Crippen LogP contribution in [0.15, 0.2) is 53.0 Å². The fourth-order valence-corrected chi connectivity index (χ4v) is 2.49. The number of benzene rings is 2. The zero-order chi connectivity index (χ0) is 14.4. The van der Waals surface area contributed by atoms with Gasteiger partial charge >= 0.3 is 0 Å². The predicted octanol–water partition coefficient (Wildman–Crippen LogP) is 4.47.